The van der Waals surface area contributed by atoms with Gasteiger partial charge in [-0.1, -0.05) is 29.4 Å². The van der Waals surface area contributed by atoms with Crippen molar-refractivity contribution >= 4 is 35.0 Å². The smallest absolute Gasteiger partial charge is 0.336 e. The van der Waals surface area contributed by atoms with Gasteiger partial charge >= 0.3 is 5.97 Å². The molecule has 1 aromatic carbocycles. The summed E-state index contributed by atoms with van der Waals surface area (Å²) in [5, 5.41) is 10.1. The van der Waals surface area contributed by atoms with E-state index in [1.807, 2.05) is 0 Å². The monoisotopic (exact) mass is 280 g/mol. The van der Waals surface area contributed by atoms with Gasteiger partial charge in [0.2, 0.25) is 0 Å². The van der Waals surface area contributed by atoms with Crippen LogP contribution in [0, 0.1) is 0 Å². The van der Waals surface area contributed by atoms with Gasteiger partial charge in [0.05, 0.1) is 15.5 Å². The first-order valence-corrected chi connectivity index (χ1v) is 6.19. The van der Waals surface area contributed by atoms with E-state index >= 15 is 0 Å². The number of rotatable bonds is 3. The van der Waals surface area contributed by atoms with Crippen molar-refractivity contribution in [1.82, 2.24) is 4.98 Å². The molecule has 0 amide bonds. The van der Waals surface area contributed by atoms with E-state index in [9.17, 15) is 4.79 Å². The number of nitrogens with two attached hydrogens (primary N) is 1. The van der Waals surface area contributed by atoms with Crippen molar-refractivity contribution < 1.29 is 9.90 Å². The molecule has 0 saturated heterocycles. The minimum atomic E-state index is -1.03. The fourth-order valence-corrected chi connectivity index (χ4v) is 2.54. The van der Waals surface area contributed by atoms with Crippen LogP contribution in [0.25, 0.3) is 0 Å². The number of aromatic carboxylic acids is 1. The van der Waals surface area contributed by atoms with Crippen LogP contribution in [0.2, 0.25) is 5.02 Å². The second kappa shape index (κ2) is 5.29. The van der Waals surface area contributed by atoms with E-state index < -0.39 is 5.97 Å². The summed E-state index contributed by atoms with van der Waals surface area (Å²) in [7, 11) is 0. The van der Waals surface area contributed by atoms with Crippen LogP contribution in [0.5, 0.6) is 0 Å². The number of carbonyl (C=O) groups is 1. The maximum absolute atomic E-state index is 11.1. The Morgan fingerprint density at radius 1 is 1.33 bits per heavy atom. The van der Waals surface area contributed by atoms with Gasteiger partial charge < -0.3 is 10.8 Å². The van der Waals surface area contributed by atoms with Crippen molar-refractivity contribution in [3.05, 3.63) is 47.1 Å². The van der Waals surface area contributed by atoms with Gasteiger partial charge in [-0.05, 0) is 24.3 Å². The SMILES string of the molecule is Nc1cccc(C(=O)O)c1Sc1ncccc1Cl. The van der Waals surface area contributed by atoms with E-state index in [1.54, 1.807) is 30.5 Å². The summed E-state index contributed by atoms with van der Waals surface area (Å²) in [6.45, 7) is 0. The van der Waals surface area contributed by atoms with Crippen LogP contribution in [0.15, 0.2) is 46.5 Å². The Morgan fingerprint density at radius 2 is 2.11 bits per heavy atom. The first kappa shape index (κ1) is 12.7. The number of nitrogens with zero attached hydrogens (tertiary/aromatic N) is 1. The number of pyridine rings is 1. The molecule has 18 heavy (non-hydrogen) atoms. The average molecular weight is 281 g/mol. The lowest BCUT2D eigenvalue weighted by Gasteiger charge is -2.09. The summed E-state index contributed by atoms with van der Waals surface area (Å²) >= 11 is 7.13. The van der Waals surface area contributed by atoms with Crippen LogP contribution < -0.4 is 5.73 Å². The molecular weight excluding hydrogens is 272 g/mol. The van der Waals surface area contributed by atoms with Crippen molar-refractivity contribution in [3.8, 4) is 0 Å². The molecule has 0 aliphatic heterocycles. The zero-order valence-corrected chi connectivity index (χ0v) is 10.7. The molecule has 0 atom stereocenters. The van der Waals surface area contributed by atoms with Gasteiger partial charge in [0.1, 0.15) is 5.03 Å². The molecule has 0 unspecified atom stereocenters. The summed E-state index contributed by atoms with van der Waals surface area (Å²) in [6, 6.07) is 8.14. The Kier molecular flexibility index (Phi) is 3.74. The number of hydrogen-bond acceptors (Lipinski definition) is 4. The average Bonchev–Trinajstić information content (AvgIpc) is 2.34. The van der Waals surface area contributed by atoms with E-state index in [0.717, 1.165) is 11.8 Å². The van der Waals surface area contributed by atoms with Gasteiger partial charge in [0.25, 0.3) is 0 Å². The van der Waals surface area contributed by atoms with E-state index in [4.69, 9.17) is 22.4 Å². The molecule has 0 radical (unpaired) electrons. The maximum atomic E-state index is 11.1. The largest absolute Gasteiger partial charge is 0.478 e. The van der Waals surface area contributed by atoms with Crippen LogP contribution in [0.1, 0.15) is 10.4 Å². The number of aromatic nitrogens is 1. The molecule has 2 rings (SSSR count). The molecule has 1 heterocycles. The fraction of sp³-hybridized carbons (Fsp3) is 0. The van der Waals surface area contributed by atoms with E-state index in [1.165, 1.54) is 6.07 Å². The molecule has 2 aromatic rings. The fourth-order valence-electron chi connectivity index (χ4n) is 1.38. The van der Waals surface area contributed by atoms with Gasteiger partial charge in [0, 0.05) is 11.9 Å². The molecule has 3 N–H and O–H groups in total. The van der Waals surface area contributed by atoms with Crippen LogP contribution in [-0.4, -0.2) is 16.1 Å². The van der Waals surface area contributed by atoms with Crippen molar-refractivity contribution in [2.75, 3.05) is 5.73 Å². The van der Waals surface area contributed by atoms with Crippen LogP contribution in [-0.2, 0) is 0 Å². The van der Waals surface area contributed by atoms with Gasteiger partial charge in [-0.2, -0.15) is 0 Å². The Balaban J connectivity index is 2.46. The second-order valence-corrected chi connectivity index (χ2v) is 4.83. The van der Waals surface area contributed by atoms with Gasteiger partial charge in [-0.25, -0.2) is 9.78 Å². The maximum Gasteiger partial charge on any atom is 0.336 e. The summed E-state index contributed by atoms with van der Waals surface area (Å²) in [5.74, 6) is -1.03. The highest BCUT2D eigenvalue weighted by atomic mass is 35.5. The van der Waals surface area contributed by atoms with Crippen LogP contribution >= 0.6 is 23.4 Å². The number of anilines is 1. The Morgan fingerprint density at radius 3 is 2.78 bits per heavy atom. The van der Waals surface area contributed by atoms with Crippen molar-refractivity contribution in [2.45, 2.75) is 9.92 Å². The normalized spacial score (nSPS) is 10.3. The van der Waals surface area contributed by atoms with Crippen LogP contribution in [0.4, 0.5) is 5.69 Å². The molecule has 0 bridgehead atoms. The zero-order chi connectivity index (χ0) is 13.1. The highest BCUT2D eigenvalue weighted by Crippen LogP contribution is 2.36. The Bertz CT molecular complexity index is 604. The zero-order valence-electron chi connectivity index (χ0n) is 9.13. The first-order valence-electron chi connectivity index (χ1n) is 4.99. The lowest BCUT2D eigenvalue weighted by molar-refractivity contribution is 0.0693. The third-order valence-electron chi connectivity index (χ3n) is 2.20. The molecule has 0 fully saturated rings. The van der Waals surface area contributed by atoms with Gasteiger partial charge in [0.15, 0.2) is 0 Å². The number of hydrogen-bond donors (Lipinski definition) is 2. The predicted octanol–water partition coefficient (Wildman–Crippen LogP) is 3.17. The van der Waals surface area contributed by atoms with Crippen molar-refractivity contribution in [1.29, 1.82) is 0 Å². The minimum absolute atomic E-state index is 0.140. The molecule has 0 aliphatic rings. The Labute approximate surface area is 113 Å². The number of carboxylic acid groups (broad SMARTS) is 1. The van der Waals surface area contributed by atoms with Crippen molar-refractivity contribution in [2.24, 2.45) is 0 Å². The molecule has 4 nitrogen and oxygen atoms in total. The highest BCUT2D eigenvalue weighted by Gasteiger charge is 2.15. The predicted molar refractivity (Wildman–Crippen MR) is 71.2 cm³/mol. The molecule has 0 aliphatic carbocycles. The summed E-state index contributed by atoms with van der Waals surface area (Å²) in [5.41, 5.74) is 6.33. The van der Waals surface area contributed by atoms with E-state index in [2.05, 4.69) is 4.98 Å². The molecule has 6 heteroatoms. The third kappa shape index (κ3) is 2.57. The summed E-state index contributed by atoms with van der Waals surface area (Å²) in [4.78, 5) is 15.7. The molecule has 92 valence electrons. The summed E-state index contributed by atoms with van der Waals surface area (Å²) in [6.07, 6.45) is 1.59. The first-order chi connectivity index (χ1) is 8.59. The molecule has 1 aromatic heterocycles. The molecule has 0 spiro atoms. The standard InChI is InChI=1S/C12H9ClN2O2S/c13-8-4-2-6-15-11(8)18-10-7(12(16)17)3-1-5-9(10)14/h1-6H,14H2,(H,16,17). The number of nitrogen functional groups attached to an aromatic ring is 1. The van der Waals surface area contributed by atoms with E-state index in [0.29, 0.717) is 20.6 Å². The Hall–Kier alpha value is -1.72. The number of halogens is 1. The summed E-state index contributed by atoms with van der Waals surface area (Å²) < 4.78 is 0. The molecule has 0 saturated carbocycles. The molecular formula is C12H9ClN2O2S. The van der Waals surface area contributed by atoms with Crippen molar-refractivity contribution in [3.63, 3.8) is 0 Å². The quantitative estimate of drug-likeness (QED) is 0.845. The topological polar surface area (TPSA) is 76.2 Å². The van der Waals surface area contributed by atoms with Gasteiger partial charge in [-0.15, -0.1) is 0 Å². The number of benzene rings is 1. The highest BCUT2D eigenvalue weighted by molar-refractivity contribution is 7.99. The van der Waals surface area contributed by atoms with Gasteiger partial charge in [-0.3, -0.25) is 0 Å². The third-order valence-corrected chi connectivity index (χ3v) is 3.79. The lowest BCUT2D eigenvalue weighted by atomic mass is 10.2. The number of carboxylic acids is 1. The van der Waals surface area contributed by atoms with E-state index in [-0.39, 0.29) is 5.56 Å². The lowest BCUT2D eigenvalue weighted by Crippen LogP contribution is -2.02. The minimum Gasteiger partial charge on any atom is -0.478 e. The second-order valence-electron chi connectivity index (χ2n) is 3.42. The van der Waals surface area contributed by atoms with Crippen LogP contribution in [0.3, 0.4) is 0 Å².